The van der Waals surface area contributed by atoms with E-state index in [0.29, 0.717) is 0 Å². The Hall–Kier alpha value is -0.740. The van der Waals surface area contributed by atoms with Gasteiger partial charge in [0.05, 0.1) is 17.7 Å². The van der Waals surface area contributed by atoms with E-state index in [4.69, 9.17) is 9.47 Å². The smallest absolute Gasteiger partial charge is 0.175 e. The van der Waals surface area contributed by atoms with E-state index < -0.39 is 0 Å². The standard InChI is InChI=1S/C15H20BrNO2/c16-13-7-12(10-17-9-11-3-1-4-11)8-14-15(13)19-6-2-5-18-14/h7-8,11,17H,1-6,9-10H2. The summed E-state index contributed by atoms with van der Waals surface area (Å²) < 4.78 is 12.5. The molecule has 1 aliphatic carbocycles. The minimum Gasteiger partial charge on any atom is -0.490 e. The number of halogens is 1. The third-order valence-corrected chi connectivity index (χ3v) is 4.44. The van der Waals surface area contributed by atoms with Crippen LogP contribution in [0, 0.1) is 5.92 Å². The van der Waals surface area contributed by atoms with Gasteiger partial charge in [-0.1, -0.05) is 6.42 Å². The van der Waals surface area contributed by atoms with Crippen LogP contribution in [0.25, 0.3) is 0 Å². The van der Waals surface area contributed by atoms with E-state index in [1.54, 1.807) is 0 Å². The van der Waals surface area contributed by atoms with Crippen molar-refractivity contribution in [1.82, 2.24) is 5.32 Å². The minimum atomic E-state index is 0.727. The highest BCUT2D eigenvalue weighted by Crippen LogP contribution is 2.38. The van der Waals surface area contributed by atoms with Crippen molar-refractivity contribution in [3.05, 3.63) is 22.2 Å². The van der Waals surface area contributed by atoms with Crippen molar-refractivity contribution in [2.75, 3.05) is 19.8 Å². The highest BCUT2D eigenvalue weighted by Gasteiger charge is 2.17. The predicted molar refractivity (Wildman–Crippen MR) is 78.8 cm³/mol. The summed E-state index contributed by atoms with van der Waals surface area (Å²) in [5.74, 6) is 2.61. The third kappa shape index (κ3) is 3.23. The summed E-state index contributed by atoms with van der Waals surface area (Å²) in [5.41, 5.74) is 1.25. The molecule has 0 bridgehead atoms. The molecule has 0 unspecified atom stereocenters. The maximum atomic E-state index is 5.75. The van der Waals surface area contributed by atoms with Crippen molar-refractivity contribution < 1.29 is 9.47 Å². The van der Waals surface area contributed by atoms with Crippen LogP contribution in [-0.2, 0) is 6.54 Å². The van der Waals surface area contributed by atoms with Gasteiger partial charge in [0.15, 0.2) is 11.5 Å². The maximum absolute atomic E-state index is 5.75. The van der Waals surface area contributed by atoms with Crippen LogP contribution in [0.1, 0.15) is 31.2 Å². The number of rotatable bonds is 4. The largest absolute Gasteiger partial charge is 0.490 e. The number of hydrogen-bond acceptors (Lipinski definition) is 3. The molecule has 0 radical (unpaired) electrons. The molecule has 4 heteroatoms. The molecule has 1 saturated carbocycles. The minimum absolute atomic E-state index is 0.727. The summed E-state index contributed by atoms with van der Waals surface area (Å²) >= 11 is 3.58. The zero-order valence-electron chi connectivity index (χ0n) is 11.1. The summed E-state index contributed by atoms with van der Waals surface area (Å²) in [6, 6.07) is 4.22. The van der Waals surface area contributed by atoms with E-state index >= 15 is 0 Å². The summed E-state index contributed by atoms with van der Waals surface area (Å²) in [7, 11) is 0. The number of nitrogens with one attached hydrogen (secondary N) is 1. The molecule has 1 aromatic carbocycles. The molecule has 1 aliphatic heterocycles. The molecule has 0 atom stereocenters. The van der Waals surface area contributed by atoms with Gasteiger partial charge in [0.1, 0.15) is 0 Å². The molecular weight excluding hydrogens is 306 g/mol. The number of ether oxygens (including phenoxy) is 2. The molecule has 1 N–H and O–H groups in total. The first kappa shape index (κ1) is 13.3. The molecule has 0 amide bonds. The lowest BCUT2D eigenvalue weighted by Crippen LogP contribution is -2.26. The quantitative estimate of drug-likeness (QED) is 0.919. The maximum Gasteiger partial charge on any atom is 0.175 e. The fraction of sp³-hybridized carbons (Fsp3) is 0.600. The predicted octanol–water partition coefficient (Wildman–Crippen LogP) is 3.50. The molecule has 1 aromatic rings. The first-order chi connectivity index (χ1) is 9.33. The van der Waals surface area contributed by atoms with Crippen LogP contribution in [-0.4, -0.2) is 19.8 Å². The van der Waals surface area contributed by atoms with Gasteiger partial charge in [0.25, 0.3) is 0 Å². The Morgan fingerprint density at radius 2 is 2.00 bits per heavy atom. The first-order valence-electron chi connectivity index (χ1n) is 7.11. The molecule has 1 fully saturated rings. The monoisotopic (exact) mass is 325 g/mol. The second-order valence-corrected chi connectivity index (χ2v) is 6.24. The molecule has 3 nitrogen and oxygen atoms in total. The zero-order chi connectivity index (χ0) is 13.1. The number of benzene rings is 1. The fourth-order valence-electron chi connectivity index (χ4n) is 2.50. The van der Waals surface area contributed by atoms with Crippen LogP contribution < -0.4 is 14.8 Å². The van der Waals surface area contributed by atoms with Gasteiger partial charge in [-0.15, -0.1) is 0 Å². The van der Waals surface area contributed by atoms with E-state index in [1.165, 1.54) is 24.8 Å². The lowest BCUT2D eigenvalue weighted by molar-refractivity contribution is 0.296. The molecule has 19 heavy (non-hydrogen) atoms. The second-order valence-electron chi connectivity index (χ2n) is 5.38. The summed E-state index contributed by atoms with van der Waals surface area (Å²) in [6.07, 6.45) is 5.12. The van der Waals surface area contributed by atoms with Gasteiger partial charge >= 0.3 is 0 Å². The van der Waals surface area contributed by atoms with Gasteiger partial charge in [-0.3, -0.25) is 0 Å². The second kappa shape index (κ2) is 6.14. The Labute approximate surface area is 122 Å². The van der Waals surface area contributed by atoms with E-state index in [9.17, 15) is 0 Å². The van der Waals surface area contributed by atoms with E-state index in [0.717, 1.165) is 54.6 Å². The Bertz CT molecular complexity index is 446. The van der Waals surface area contributed by atoms with Crippen molar-refractivity contribution in [2.24, 2.45) is 5.92 Å². The van der Waals surface area contributed by atoms with Crippen LogP contribution in [0.5, 0.6) is 11.5 Å². The topological polar surface area (TPSA) is 30.5 Å². The Morgan fingerprint density at radius 1 is 1.16 bits per heavy atom. The van der Waals surface area contributed by atoms with Gasteiger partial charge in [0, 0.05) is 13.0 Å². The van der Waals surface area contributed by atoms with Crippen LogP contribution in [0.2, 0.25) is 0 Å². The van der Waals surface area contributed by atoms with Crippen LogP contribution in [0.4, 0.5) is 0 Å². The number of hydrogen-bond donors (Lipinski definition) is 1. The van der Waals surface area contributed by atoms with E-state index in [1.807, 2.05) is 0 Å². The molecule has 3 rings (SSSR count). The van der Waals surface area contributed by atoms with E-state index in [-0.39, 0.29) is 0 Å². The highest BCUT2D eigenvalue weighted by molar-refractivity contribution is 9.10. The van der Waals surface area contributed by atoms with Crippen molar-refractivity contribution in [2.45, 2.75) is 32.2 Å². The molecular formula is C15H20BrNO2. The Balaban J connectivity index is 1.64. The third-order valence-electron chi connectivity index (χ3n) is 3.85. The van der Waals surface area contributed by atoms with Crippen molar-refractivity contribution >= 4 is 15.9 Å². The Morgan fingerprint density at radius 3 is 2.79 bits per heavy atom. The van der Waals surface area contributed by atoms with Crippen molar-refractivity contribution in [1.29, 1.82) is 0 Å². The number of fused-ring (bicyclic) bond motifs is 1. The highest BCUT2D eigenvalue weighted by atomic mass is 79.9. The summed E-state index contributed by atoms with van der Waals surface area (Å²) in [5, 5.41) is 3.54. The molecule has 2 aliphatic rings. The zero-order valence-corrected chi connectivity index (χ0v) is 12.7. The first-order valence-corrected chi connectivity index (χ1v) is 7.91. The van der Waals surface area contributed by atoms with Crippen LogP contribution in [0.3, 0.4) is 0 Å². The SMILES string of the molecule is Brc1cc(CNCC2CCC2)cc2c1OCCCO2. The van der Waals surface area contributed by atoms with Gasteiger partial charge < -0.3 is 14.8 Å². The van der Waals surface area contributed by atoms with Crippen LogP contribution >= 0.6 is 15.9 Å². The van der Waals surface area contributed by atoms with Crippen molar-refractivity contribution in [3.8, 4) is 11.5 Å². The fourth-order valence-corrected chi connectivity index (χ4v) is 3.11. The summed E-state index contributed by atoms with van der Waals surface area (Å²) in [4.78, 5) is 0. The van der Waals surface area contributed by atoms with Gasteiger partial charge in [-0.2, -0.15) is 0 Å². The Kier molecular flexibility index (Phi) is 4.28. The molecule has 0 aromatic heterocycles. The summed E-state index contributed by atoms with van der Waals surface area (Å²) in [6.45, 7) is 3.49. The molecule has 0 saturated heterocycles. The molecule has 1 heterocycles. The van der Waals surface area contributed by atoms with Crippen molar-refractivity contribution in [3.63, 3.8) is 0 Å². The average molecular weight is 326 g/mol. The lowest BCUT2D eigenvalue weighted by atomic mass is 9.85. The average Bonchev–Trinajstić information content (AvgIpc) is 2.58. The normalized spacial score (nSPS) is 18.8. The van der Waals surface area contributed by atoms with Gasteiger partial charge in [-0.25, -0.2) is 0 Å². The lowest BCUT2D eigenvalue weighted by Gasteiger charge is -2.25. The molecule has 104 valence electrons. The van der Waals surface area contributed by atoms with E-state index in [2.05, 4.69) is 33.4 Å². The van der Waals surface area contributed by atoms with Gasteiger partial charge in [0.2, 0.25) is 0 Å². The van der Waals surface area contributed by atoms with Crippen LogP contribution in [0.15, 0.2) is 16.6 Å². The molecule has 0 spiro atoms. The van der Waals surface area contributed by atoms with Gasteiger partial charge in [-0.05, 0) is 58.9 Å².